The van der Waals surface area contributed by atoms with Crippen LogP contribution in [0.25, 0.3) is 0 Å². The number of nitrogens with two attached hydrogens (primary N) is 1. The standard InChI is InChI=1S/C18H23N3O3.HI/c1-11-5-12(2)7-14(6-11)21-18(19)20-10-13-8-15(23-3)17(22)16(9-13)24-4;/h5-9,22H,10H2,1-4H3,(H3,19,20,21);1H. The zero-order chi connectivity index (χ0) is 17.7. The van der Waals surface area contributed by atoms with Gasteiger partial charge in [0.25, 0.3) is 0 Å². The van der Waals surface area contributed by atoms with Gasteiger partial charge in [-0.1, -0.05) is 6.07 Å². The van der Waals surface area contributed by atoms with E-state index in [0.717, 1.165) is 22.4 Å². The van der Waals surface area contributed by atoms with E-state index in [2.05, 4.69) is 16.4 Å². The molecule has 7 heteroatoms. The van der Waals surface area contributed by atoms with E-state index >= 15 is 0 Å². The number of aryl methyl sites for hydroxylation is 2. The first-order chi connectivity index (χ1) is 11.4. The molecular weight excluding hydrogens is 433 g/mol. The highest BCUT2D eigenvalue weighted by atomic mass is 127. The average Bonchev–Trinajstić information content (AvgIpc) is 2.52. The SMILES string of the molecule is COc1cc(CN=C(N)Nc2cc(C)cc(C)c2)cc(OC)c1O.I. The zero-order valence-corrected chi connectivity index (χ0v) is 17.1. The summed E-state index contributed by atoms with van der Waals surface area (Å²) in [5.41, 5.74) is 9.96. The monoisotopic (exact) mass is 457 g/mol. The van der Waals surface area contributed by atoms with E-state index in [1.165, 1.54) is 14.2 Å². The van der Waals surface area contributed by atoms with Crippen LogP contribution in [-0.2, 0) is 6.54 Å². The summed E-state index contributed by atoms with van der Waals surface area (Å²) < 4.78 is 10.3. The quantitative estimate of drug-likeness (QED) is 0.363. The predicted molar refractivity (Wildman–Crippen MR) is 111 cm³/mol. The Labute approximate surface area is 165 Å². The summed E-state index contributed by atoms with van der Waals surface area (Å²) >= 11 is 0. The fourth-order valence-electron chi connectivity index (χ4n) is 2.45. The Hall–Kier alpha value is -2.16. The van der Waals surface area contributed by atoms with Crippen LogP contribution in [0.15, 0.2) is 35.3 Å². The molecule has 0 saturated heterocycles. The smallest absolute Gasteiger partial charge is 0.200 e. The fourth-order valence-corrected chi connectivity index (χ4v) is 2.45. The van der Waals surface area contributed by atoms with Gasteiger partial charge in [-0.15, -0.1) is 24.0 Å². The van der Waals surface area contributed by atoms with Gasteiger partial charge in [-0.2, -0.15) is 0 Å². The molecule has 2 rings (SSSR count). The lowest BCUT2D eigenvalue weighted by molar-refractivity contribution is 0.339. The van der Waals surface area contributed by atoms with Crippen molar-refractivity contribution in [2.45, 2.75) is 20.4 Å². The van der Waals surface area contributed by atoms with Gasteiger partial charge in [0.15, 0.2) is 17.5 Å². The van der Waals surface area contributed by atoms with Crippen molar-refractivity contribution in [2.24, 2.45) is 10.7 Å². The molecule has 0 unspecified atom stereocenters. The number of aromatic hydroxyl groups is 1. The molecule has 0 radical (unpaired) electrons. The molecule has 0 bridgehead atoms. The third-order valence-electron chi connectivity index (χ3n) is 3.47. The Kier molecular flexibility index (Phi) is 7.82. The molecule has 0 saturated carbocycles. The van der Waals surface area contributed by atoms with Crippen LogP contribution < -0.4 is 20.5 Å². The van der Waals surface area contributed by atoms with Gasteiger partial charge < -0.3 is 25.6 Å². The highest BCUT2D eigenvalue weighted by Gasteiger charge is 2.11. The summed E-state index contributed by atoms with van der Waals surface area (Å²) in [5.74, 6) is 0.945. The number of halogens is 1. The summed E-state index contributed by atoms with van der Waals surface area (Å²) in [7, 11) is 2.97. The van der Waals surface area contributed by atoms with Crippen molar-refractivity contribution >= 4 is 35.6 Å². The Morgan fingerprint density at radius 3 is 2.04 bits per heavy atom. The molecule has 6 nitrogen and oxygen atoms in total. The number of guanidine groups is 1. The van der Waals surface area contributed by atoms with Crippen LogP contribution >= 0.6 is 24.0 Å². The van der Waals surface area contributed by atoms with Crippen LogP contribution in [0.2, 0.25) is 0 Å². The number of phenolic OH excluding ortho intramolecular Hbond substituents is 1. The van der Waals surface area contributed by atoms with Crippen molar-refractivity contribution in [1.82, 2.24) is 0 Å². The molecule has 136 valence electrons. The van der Waals surface area contributed by atoms with Crippen molar-refractivity contribution in [3.8, 4) is 17.2 Å². The van der Waals surface area contributed by atoms with Gasteiger partial charge >= 0.3 is 0 Å². The molecule has 25 heavy (non-hydrogen) atoms. The summed E-state index contributed by atoms with van der Waals surface area (Å²) in [6.45, 7) is 4.39. The third-order valence-corrected chi connectivity index (χ3v) is 3.47. The van der Waals surface area contributed by atoms with E-state index in [1.54, 1.807) is 12.1 Å². The van der Waals surface area contributed by atoms with E-state index < -0.39 is 0 Å². The largest absolute Gasteiger partial charge is 0.502 e. The number of methoxy groups -OCH3 is 2. The topological polar surface area (TPSA) is 89.1 Å². The van der Waals surface area contributed by atoms with Gasteiger partial charge in [0.2, 0.25) is 5.75 Å². The van der Waals surface area contributed by atoms with Gasteiger partial charge in [-0.3, -0.25) is 0 Å². The van der Waals surface area contributed by atoms with E-state index in [-0.39, 0.29) is 29.7 Å². The minimum atomic E-state index is -0.0333. The summed E-state index contributed by atoms with van der Waals surface area (Å²) in [6.07, 6.45) is 0. The molecule has 0 aliphatic carbocycles. The molecule has 0 aliphatic rings. The van der Waals surface area contributed by atoms with Crippen LogP contribution in [0.5, 0.6) is 17.2 Å². The van der Waals surface area contributed by atoms with Crippen molar-refractivity contribution in [1.29, 1.82) is 0 Å². The number of anilines is 1. The average molecular weight is 457 g/mol. The molecule has 0 heterocycles. The zero-order valence-electron chi connectivity index (χ0n) is 14.8. The number of ether oxygens (including phenoxy) is 2. The lowest BCUT2D eigenvalue weighted by Crippen LogP contribution is -2.22. The number of phenols is 1. The van der Waals surface area contributed by atoms with Crippen LogP contribution in [0.4, 0.5) is 5.69 Å². The van der Waals surface area contributed by atoms with Gasteiger partial charge in [0, 0.05) is 5.69 Å². The first-order valence-electron chi connectivity index (χ1n) is 7.52. The molecule has 0 aliphatic heterocycles. The maximum absolute atomic E-state index is 9.91. The van der Waals surface area contributed by atoms with Crippen molar-refractivity contribution in [3.05, 3.63) is 47.0 Å². The molecule has 0 aromatic heterocycles. The lowest BCUT2D eigenvalue weighted by atomic mass is 10.1. The second-order valence-corrected chi connectivity index (χ2v) is 5.55. The first-order valence-corrected chi connectivity index (χ1v) is 7.52. The Balaban J connectivity index is 0.00000312. The minimum absolute atomic E-state index is 0. The fraction of sp³-hybridized carbons (Fsp3) is 0.278. The summed E-state index contributed by atoms with van der Waals surface area (Å²) in [5, 5.41) is 13.0. The molecule has 0 atom stereocenters. The number of nitrogens with one attached hydrogen (secondary N) is 1. The van der Waals surface area contributed by atoms with Crippen molar-refractivity contribution in [2.75, 3.05) is 19.5 Å². The number of benzene rings is 2. The van der Waals surface area contributed by atoms with Crippen LogP contribution in [0, 0.1) is 13.8 Å². The van der Waals surface area contributed by atoms with E-state index in [1.807, 2.05) is 26.0 Å². The second kappa shape index (κ2) is 9.36. The highest BCUT2D eigenvalue weighted by molar-refractivity contribution is 14.0. The molecular formula is C18H24IN3O3. The number of hydrogen-bond acceptors (Lipinski definition) is 4. The Morgan fingerprint density at radius 2 is 1.56 bits per heavy atom. The number of hydrogen-bond donors (Lipinski definition) is 3. The molecule has 0 spiro atoms. The predicted octanol–water partition coefficient (Wildman–Crippen LogP) is 3.57. The maximum Gasteiger partial charge on any atom is 0.200 e. The van der Waals surface area contributed by atoms with E-state index in [9.17, 15) is 5.11 Å². The third kappa shape index (κ3) is 5.70. The second-order valence-electron chi connectivity index (χ2n) is 5.55. The highest BCUT2D eigenvalue weighted by Crippen LogP contribution is 2.37. The van der Waals surface area contributed by atoms with Gasteiger partial charge in [-0.25, -0.2) is 4.99 Å². The van der Waals surface area contributed by atoms with E-state index in [0.29, 0.717) is 24.0 Å². The van der Waals surface area contributed by atoms with Gasteiger partial charge in [-0.05, 0) is 54.8 Å². The normalized spacial score (nSPS) is 10.8. The van der Waals surface area contributed by atoms with Gasteiger partial charge in [0.05, 0.1) is 20.8 Å². The first kappa shape index (κ1) is 20.9. The number of rotatable bonds is 5. The Bertz CT molecular complexity index is 718. The molecule has 0 amide bonds. The maximum atomic E-state index is 9.91. The van der Waals surface area contributed by atoms with Crippen LogP contribution in [0.1, 0.15) is 16.7 Å². The molecule has 2 aromatic rings. The summed E-state index contributed by atoms with van der Waals surface area (Å²) in [4.78, 5) is 4.32. The number of aliphatic imine (C=N–C) groups is 1. The lowest BCUT2D eigenvalue weighted by Gasteiger charge is -2.11. The van der Waals surface area contributed by atoms with Crippen molar-refractivity contribution < 1.29 is 14.6 Å². The molecule has 2 aromatic carbocycles. The molecule has 0 fully saturated rings. The summed E-state index contributed by atoms with van der Waals surface area (Å²) in [6, 6.07) is 9.49. The van der Waals surface area contributed by atoms with E-state index in [4.69, 9.17) is 15.2 Å². The van der Waals surface area contributed by atoms with Gasteiger partial charge in [0.1, 0.15) is 0 Å². The number of nitrogens with zero attached hydrogens (tertiary/aromatic N) is 1. The Morgan fingerprint density at radius 1 is 1.04 bits per heavy atom. The van der Waals surface area contributed by atoms with Crippen molar-refractivity contribution in [3.63, 3.8) is 0 Å². The minimum Gasteiger partial charge on any atom is -0.502 e. The molecule has 4 N–H and O–H groups in total. The van der Waals surface area contributed by atoms with Crippen LogP contribution in [0.3, 0.4) is 0 Å². The van der Waals surface area contributed by atoms with Crippen LogP contribution in [-0.4, -0.2) is 25.3 Å².